The van der Waals surface area contributed by atoms with Crippen LogP contribution in [0.2, 0.25) is 0 Å². The van der Waals surface area contributed by atoms with Crippen LogP contribution in [0.1, 0.15) is 96.8 Å². The molecule has 0 saturated heterocycles. The van der Waals surface area contributed by atoms with Crippen LogP contribution in [0.25, 0.3) is 0 Å². The van der Waals surface area contributed by atoms with Crippen LogP contribution < -0.4 is 5.32 Å². The smallest absolute Gasteiger partial charge is 0.130 e. The largest absolute Gasteiger partial charge is 0.371 e. The van der Waals surface area contributed by atoms with Gasteiger partial charge in [-0.1, -0.05) is 89.1 Å². The van der Waals surface area contributed by atoms with E-state index in [2.05, 4.69) is 37.0 Å². The van der Waals surface area contributed by atoms with E-state index in [1.165, 1.54) is 89.9 Å². The van der Waals surface area contributed by atoms with Gasteiger partial charge in [0.15, 0.2) is 0 Å². The second-order valence-electron chi connectivity index (χ2n) is 6.17. The number of thiol groups is 1. The Morgan fingerprint density at radius 1 is 0.773 bits per heavy atom. The van der Waals surface area contributed by atoms with Crippen molar-refractivity contribution in [3.05, 3.63) is 12.2 Å². The maximum Gasteiger partial charge on any atom is 0.130 e. The van der Waals surface area contributed by atoms with Gasteiger partial charge in [0.05, 0.1) is 0 Å². The summed E-state index contributed by atoms with van der Waals surface area (Å²) in [6.45, 7) is 3.25. The highest BCUT2D eigenvalue weighted by molar-refractivity contribution is 8.11. The number of rotatable bonds is 16. The Bertz CT molecular complexity index is 264. The van der Waals surface area contributed by atoms with Crippen LogP contribution in [0.3, 0.4) is 0 Å². The van der Waals surface area contributed by atoms with Gasteiger partial charge in [-0.3, -0.25) is 0 Å². The minimum absolute atomic E-state index is 0.618. The van der Waals surface area contributed by atoms with Gasteiger partial charge in [-0.05, 0) is 32.1 Å². The van der Waals surface area contributed by atoms with Crippen molar-refractivity contribution in [2.45, 2.75) is 96.8 Å². The Balaban J connectivity index is 3.06. The van der Waals surface area contributed by atoms with Gasteiger partial charge in [0.25, 0.3) is 0 Å². The number of hydrogen-bond acceptors (Lipinski definition) is 1. The maximum absolute atomic E-state index is 4.85. The molecule has 22 heavy (non-hydrogen) atoms. The second-order valence-corrected chi connectivity index (χ2v) is 7.33. The minimum Gasteiger partial charge on any atom is -0.371 e. The zero-order valence-corrected chi connectivity index (χ0v) is 16.3. The number of nitrogens with one attached hydrogen (secondary N) is 1. The highest BCUT2D eigenvalue weighted by Crippen LogP contribution is 2.09. The Labute approximate surface area is 150 Å². The molecule has 0 rings (SSSR count). The van der Waals surface area contributed by atoms with Gasteiger partial charge >= 0.3 is 0 Å². The lowest BCUT2D eigenvalue weighted by molar-refractivity contribution is 0.593. The molecular weight excluding hydrogens is 306 g/mol. The third-order valence-electron chi connectivity index (χ3n) is 3.96. The molecule has 0 aromatic heterocycles. The molecule has 0 fully saturated rings. The predicted molar refractivity (Wildman–Crippen MR) is 109 cm³/mol. The van der Waals surface area contributed by atoms with Crippen molar-refractivity contribution in [1.82, 2.24) is 5.32 Å². The topological polar surface area (TPSA) is 12.0 Å². The molecule has 0 heterocycles. The summed E-state index contributed by atoms with van der Waals surface area (Å²) >= 11 is 8.90. The molecule has 0 saturated carbocycles. The van der Waals surface area contributed by atoms with Crippen molar-refractivity contribution in [3.8, 4) is 0 Å². The standard InChI is InChI=1S/C19H37NS2/c1-2-3-4-5-6-7-8-9-10-11-12-13-14-15-16-17-18-20-19(21)22/h9-10H,2-8,11-18H2,1H3,(H2,20,21,22). The summed E-state index contributed by atoms with van der Waals surface area (Å²) in [5, 5.41) is 3.08. The van der Waals surface area contributed by atoms with Gasteiger partial charge < -0.3 is 5.32 Å². The Morgan fingerprint density at radius 2 is 1.23 bits per heavy atom. The first-order chi connectivity index (χ1) is 10.8. The van der Waals surface area contributed by atoms with Gasteiger partial charge in [0.1, 0.15) is 4.32 Å². The number of allylic oxidation sites excluding steroid dienone is 2. The van der Waals surface area contributed by atoms with Crippen LogP contribution in [-0.2, 0) is 0 Å². The number of unbranched alkanes of at least 4 members (excludes halogenated alkanes) is 12. The fourth-order valence-electron chi connectivity index (χ4n) is 2.57. The zero-order valence-electron chi connectivity index (χ0n) is 14.6. The van der Waals surface area contributed by atoms with Crippen LogP contribution in [-0.4, -0.2) is 10.9 Å². The van der Waals surface area contributed by atoms with E-state index >= 15 is 0 Å². The summed E-state index contributed by atoms with van der Waals surface area (Å²) in [7, 11) is 0. The SMILES string of the molecule is CCCCCCCCC=CCCCCCCCCNC(=S)S. The number of thiocarbonyl (C=S) groups is 1. The van der Waals surface area contributed by atoms with Crippen molar-refractivity contribution in [2.75, 3.05) is 6.54 Å². The Kier molecular flexibility index (Phi) is 19.0. The Morgan fingerprint density at radius 3 is 1.73 bits per heavy atom. The van der Waals surface area contributed by atoms with Gasteiger partial charge in [-0.15, -0.1) is 12.6 Å². The molecule has 3 heteroatoms. The molecule has 0 radical (unpaired) electrons. The molecule has 0 aromatic carbocycles. The van der Waals surface area contributed by atoms with Gasteiger partial charge in [-0.25, -0.2) is 0 Å². The number of hydrogen-bond donors (Lipinski definition) is 2. The van der Waals surface area contributed by atoms with E-state index in [1.54, 1.807) is 0 Å². The lowest BCUT2D eigenvalue weighted by Gasteiger charge is -2.03. The van der Waals surface area contributed by atoms with Gasteiger partial charge in [-0.2, -0.15) is 0 Å². The van der Waals surface area contributed by atoms with Gasteiger partial charge in [0.2, 0.25) is 0 Å². The third-order valence-corrected chi connectivity index (χ3v) is 4.27. The zero-order chi connectivity index (χ0) is 16.3. The van der Waals surface area contributed by atoms with E-state index in [4.69, 9.17) is 12.2 Å². The lowest BCUT2D eigenvalue weighted by atomic mass is 10.1. The first-order valence-corrected chi connectivity index (χ1v) is 10.2. The van der Waals surface area contributed by atoms with Crippen molar-refractivity contribution >= 4 is 29.2 Å². The van der Waals surface area contributed by atoms with Crippen LogP contribution >= 0.6 is 24.8 Å². The normalized spacial score (nSPS) is 11.2. The van der Waals surface area contributed by atoms with Crippen molar-refractivity contribution < 1.29 is 0 Å². The van der Waals surface area contributed by atoms with Gasteiger partial charge in [0, 0.05) is 6.54 Å². The van der Waals surface area contributed by atoms with E-state index in [0.717, 1.165) is 6.54 Å². The minimum atomic E-state index is 0.618. The van der Waals surface area contributed by atoms with Crippen LogP contribution in [0.15, 0.2) is 12.2 Å². The molecule has 0 aliphatic heterocycles. The van der Waals surface area contributed by atoms with E-state index in [1.807, 2.05) is 0 Å². The second kappa shape index (κ2) is 19.0. The average molecular weight is 344 g/mol. The molecule has 0 aliphatic carbocycles. The summed E-state index contributed by atoms with van der Waals surface area (Å²) in [6.07, 6.45) is 23.7. The lowest BCUT2D eigenvalue weighted by Crippen LogP contribution is -2.17. The molecule has 0 aliphatic rings. The quantitative estimate of drug-likeness (QED) is 0.138. The average Bonchev–Trinajstić information content (AvgIpc) is 2.50. The highest BCUT2D eigenvalue weighted by Gasteiger charge is 1.92. The maximum atomic E-state index is 4.85. The highest BCUT2D eigenvalue weighted by atomic mass is 32.1. The molecule has 0 unspecified atom stereocenters. The molecule has 0 aromatic rings. The summed E-state index contributed by atoms with van der Waals surface area (Å²) in [6, 6.07) is 0. The summed E-state index contributed by atoms with van der Waals surface area (Å²) in [4.78, 5) is 0. The molecule has 0 atom stereocenters. The molecule has 0 spiro atoms. The monoisotopic (exact) mass is 343 g/mol. The third kappa shape index (κ3) is 20.0. The first kappa shape index (κ1) is 22.0. The fourth-order valence-corrected chi connectivity index (χ4v) is 2.78. The molecule has 0 bridgehead atoms. The van der Waals surface area contributed by atoms with Crippen molar-refractivity contribution in [3.63, 3.8) is 0 Å². The molecule has 1 nitrogen and oxygen atoms in total. The summed E-state index contributed by atoms with van der Waals surface area (Å²) in [5.41, 5.74) is 0. The van der Waals surface area contributed by atoms with Crippen LogP contribution in [0.4, 0.5) is 0 Å². The fraction of sp³-hybridized carbons (Fsp3) is 0.842. The molecule has 1 N–H and O–H groups in total. The summed E-state index contributed by atoms with van der Waals surface area (Å²) < 4.78 is 0.618. The van der Waals surface area contributed by atoms with Crippen LogP contribution in [0, 0.1) is 0 Å². The van der Waals surface area contributed by atoms with E-state index in [0.29, 0.717) is 4.32 Å². The van der Waals surface area contributed by atoms with E-state index in [9.17, 15) is 0 Å². The molecule has 130 valence electrons. The Hall–Kier alpha value is -0.0200. The molecular formula is C19H37NS2. The first-order valence-electron chi connectivity index (χ1n) is 9.39. The van der Waals surface area contributed by atoms with Crippen molar-refractivity contribution in [1.29, 1.82) is 0 Å². The van der Waals surface area contributed by atoms with Crippen molar-refractivity contribution in [2.24, 2.45) is 0 Å². The van der Waals surface area contributed by atoms with E-state index < -0.39 is 0 Å². The molecule has 0 amide bonds. The van der Waals surface area contributed by atoms with E-state index in [-0.39, 0.29) is 0 Å². The summed E-state index contributed by atoms with van der Waals surface area (Å²) in [5.74, 6) is 0. The van der Waals surface area contributed by atoms with Crippen LogP contribution in [0.5, 0.6) is 0 Å². The predicted octanol–water partition coefficient (Wildman–Crippen LogP) is 6.83.